The summed E-state index contributed by atoms with van der Waals surface area (Å²) in [6.07, 6.45) is 12.3. The molecule has 1 N–H and O–H groups in total. The summed E-state index contributed by atoms with van der Waals surface area (Å²) in [5.41, 5.74) is 0.823. The molecule has 6 nitrogen and oxygen atoms in total. The summed E-state index contributed by atoms with van der Waals surface area (Å²) in [6, 6.07) is 4.54. The smallest absolute Gasteiger partial charge is 0.274 e. The molecule has 0 heterocycles. The Morgan fingerprint density at radius 2 is 1.61 bits per heavy atom. The number of hydrogen-bond acceptors (Lipinski definition) is 4. The van der Waals surface area contributed by atoms with E-state index in [1.807, 2.05) is 0 Å². The van der Waals surface area contributed by atoms with Gasteiger partial charge in [-0.1, -0.05) is 83.3 Å². The van der Waals surface area contributed by atoms with Crippen LogP contribution in [-0.2, 0) is 21.3 Å². The summed E-state index contributed by atoms with van der Waals surface area (Å²) in [5, 5.41) is 11.3. The maximum atomic E-state index is 12.3. The molecule has 158 valence electrons. The van der Waals surface area contributed by atoms with E-state index in [-0.39, 0.29) is 12.1 Å². The average Bonchev–Trinajstić information content (AvgIpc) is 3.03. The van der Waals surface area contributed by atoms with Crippen LogP contribution in [0.2, 0.25) is 0 Å². The van der Waals surface area contributed by atoms with Gasteiger partial charge in [-0.05, 0) is 24.8 Å². The maximum Gasteiger partial charge on any atom is 0.274 e. The number of nitro benzene ring substituents is 1. The van der Waals surface area contributed by atoms with Crippen molar-refractivity contribution in [3.8, 4) is 0 Å². The van der Waals surface area contributed by atoms with Crippen molar-refractivity contribution in [1.29, 1.82) is 0 Å². The van der Waals surface area contributed by atoms with Crippen LogP contribution in [0.1, 0.15) is 95.1 Å². The van der Waals surface area contributed by atoms with Crippen molar-refractivity contribution >= 4 is 15.8 Å². The van der Waals surface area contributed by atoms with E-state index < -0.39 is 19.8 Å². The lowest BCUT2D eigenvalue weighted by molar-refractivity contribution is -0.385. The molecule has 1 unspecified atom stereocenters. The highest BCUT2D eigenvalue weighted by atomic mass is 32.2. The van der Waals surface area contributed by atoms with Crippen molar-refractivity contribution in [2.24, 2.45) is 0 Å². The first-order valence-electron chi connectivity index (χ1n) is 10.6. The molecule has 0 bridgehead atoms. The quantitative estimate of drug-likeness (QED) is 0.188. The van der Waals surface area contributed by atoms with Crippen LogP contribution in [0.5, 0.6) is 0 Å². The Balaban J connectivity index is 1.92. The molecule has 0 spiro atoms. The van der Waals surface area contributed by atoms with Gasteiger partial charge in [-0.25, -0.2) is 0 Å². The Morgan fingerprint density at radius 1 is 1.04 bits per heavy atom. The summed E-state index contributed by atoms with van der Waals surface area (Å²) >= 11 is 0. The van der Waals surface area contributed by atoms with Gasteiger partial charge in [0.25, 0.3) is 15.8 Å². The molecular weight excluding hydrogens is 378 g/mol. The number of unbranched alkanes of at least 4 members (excludes halogenated alkanes) is 9. The molecule has 2 rings (SSSR count). The number of nitrogens with zero attached hydrogens (tertiary/aromatic N) is 1. The molecule has 1 aliphatic carbocycles. The van der Waals surface area contributed by atoms with E-state index in [9.17, 15) is 23.1 Å². The van der Waals surface area contributed by atoms with Gasteiger partial charge in [0.2, 0.25) is 0 Å². The number of hydrogen-bond donors (Lipinski definition) is 1. The Bertz CT molecular complexity index is 762. The number of rotatable bonds is 13. The minimum absolute atomic E-state index is 0.0499. The van der Waals surface area contributed by atoms with Crippen molar-refractivity contribution in [3.05, 3.63) is 39.4 Å². The van der Waals surface area contributed by atoms with Crippen LogP contribution in [0.3, 0.4) is 0 Å². The van der Waals surface area contributed by atoms with Crippen molar-refractivity contribution in [1.82, 2.24) is 0 Å². The van der Waals surface area contributed by atoms with E-state index in [0.29, 0.717) is 30.4 Å². The zero-order valence-electron chi connectivity index (χ0n) is 16.9. The second kappa shape index (κ2) is 10.3. The van der Waals surface area contributed by atoms with E-state index in [2.05, 4.69) is 6.92 Å². The third-order valence-corrected chi connectivity index (χ3v) is 7.66. The third kappa shape index (κ3) is 5.32. The molecule has 1 aromatic carbocycles. The molecule has 0 aliphatic heterocycles. The van der Waals surface area contributed by atoms with Gasteiger partial charge in [-0.15, -0.1) is 0 Å². The normalized spacial score (nSPS) is 18.9. The molecule has 1 aliphatic rings. The molecule has 7 heteroatoms. The Kier molecular flexibility index (Phi) is 8.43. The molecule has 0 saturated heterocycles. The van der Waals surface area contributed by atoms with Crippen LogP contribution in [0, 0.1) is 10.1 Å². The fraction of sp³-hybridized carbons (Fsp3) is 0.714. The van der Waals surface area contributed by atoms with E-state index in [0.717, 1.165) is 19.3 Å². The Hall–Kier alpha value is -1.47. The van der Waals surface area contributed by atoms with Gasteiger partial charge in [0.1, 0.15) is 4.75 Å². The zero-order chi connectivity index (χ0) is 20.6. The Labute approximate surface area is 168 Å². The van der Waals surface area contributed by atoms with Gasteiger partial charge >= 0.3 is 0 Å². The Morgan fingerprint density at radius 3 is 2.14 bits per heavy atom. The molecule has 1 atom stereocenters. The molecule has 0 aromatic heterocycles. The number of fused-ring (bicyclic) bond motifs is 1. The van der Waals surface area contributed by atoms with Gasteiger partial charge < -0.3 is 0 Å². The largest absolute Gasteiger partial charge is 0.285 e. The first kappa shape index (κ1) is 22.8. The monoisotopic (exact) mass is 411 g/mol. The molecule has 0 fully saturated rings. The predicted octanol–water partition coefficient (Wildman–Crippen LogP) is 5.94. The lowest BCUT2D eigenvalue weighted by Crippen LogP contribution is -2.33. The van der Waals surface area contributed by atoms with Crippen LogP contribution in [0.25, 0.3) is 0 Å². The van der Waals surface area contributed by atoms with E-state index in [4.69, 9.17) is 0 Å². The van der Waals surface area contributed by atoms with E-state index in [1.54, 1.807) is 6.07 Å². The average molecular weight is 412 g/mol. The van der Waals surface area contributed by atoms with Gasteiger partial charge in [-0.3, -0.25) is 14.7 Å². The third-order valence-electron chi connectivity index (χ3n) is 6.05. The van der Waals surface area contributed by atoms with Crippen molar-refractivity contribution in [2.75, 3.05) is 0 Å². The highest BCUT2D eigenvalue weighted by Crippen LogP contribution is 2.48. The lowest BCUT2D eigenvalue weighted by Gasteiger charge is -2.27. The standard InChI is InChI=1S/C21H33NO5S/c1-2-3-4-5-6-7-8-9-10-11-16-21(28(25,26)27)17-15-18-19(21)13-12-14-20(18)22(23)24/h12-14H,2-11,15-17H2,1H3,(H,25,26,27). The molecule has 1 aromatic rings. The summed E-state index contributed by atoms with van der Waals surface area (Å²) in [4.78, 5) is 10.8. The van der Waals surface area contributed by atoms with Crippen LogP contribution in [0.15, 0.2) is 18.2 Å². The van der Waals surface area contributed by atoms with Crippen molar-refractivity contribution in [2.45, 2.75) is 95.1 Å². The van der Waals surface area contributed by atoms with Gasteiger partial charge in [0.05, 0.1) is 4.92 Å². The predicted molar refractivity (Wildman–Crippen MR) is 111 cm³/mol. The fourth-order valence-corrected chi connectivity index (χ4v) is 5.68. The highest BCUT2D eigenvalue weighted by molar-refractivity contribution is 7.86. The van der Waals surface area contributed by atoms with Crippen molar-refractivity contribution < 1.29 is 17.9 Å². The SMILES string of the molecule is CCCCCCCCCCCCC1(S(=O)(=O)O)CCc2c([N+](=O)[O-])cccc21. The van der Waals surface area contributed by atoms with E-state index in [1.165, 1.54) is 50.7 Å². The second-order valence-corrected chi connectivity index (χ2v) is 9.69. The minimum atomic E-state index is -4.35. The zero-order valence-corrected chi connectivity index (χ0v) is 17.7. The first-order valence-corrected chi connectivity index (χ1v) is 12.0. The summed E-state index contributed by atoms with van der Waals surface area (Å²) in [5.74, 6) is 0. The molecule has 0 saturated carbocycles. The number of benzene rings is 1. The summed E-state index contributed by atoms with van der Waals surface area (Å²) in [7, 11) is -4.35. The molecule has 0 radical (unpaired) electrons. The maximum absolute atomic E-state index is 12.3. The first-order chi connectivity index (χ1) is 13.3. The summed E-state index contributed by atoms with van der Waals surface area (Å²) < 4.78 is 33.1. The van der Waals surface area contributed by atoms with Gasteiger partial charge in [-0.2, -0.15) is 8.42 Å². The van der Waals surface area contributed by atoms with Gasteiger partial charge in [0.15, 0.2) is 0 Å². The second-order valence-electron chi connectivity index (χ2n) is 7.96. The summed E-state index contributed by atoms with van der Waals surface area (Å²) in [6.45, 7) is 2.21. The van der Waals surface area contributed by atoms with Crippen LogP contribution < -0.4 is 0 Å². The number of nitro groups is 1. The minimum Gasteiger partial charge on any atom is -0.285 e. The fourth-order valence-electron chi connectivity index (χ4n) is 4.45. The van der Waals surface area contributed by atoms with E-state index >= 15 is 0 Å². The molecule has 28 heavy (non-hydrogen) atoms. The van der Waals surface area contributed by atoms with Gasteiger partial charge in [0, 0.05) is 11.6 Å². The molecule has 0 amide bonds. The topological polar surface area (TPSA) is 97.5 Å². The lowest BCUT2D eigenvalue weighted by atomic mass is 9.93. The van der Waals surface area contributed by atoms with Crippen molar-refractivity contribution in [3.63, 3.8) is 0 Å². The van der Waals surface area contributed by atoms with Crippen LogP contribution in [-0.4, -0.2) is 17.9 Å². The van der Waals surface area contributed by atoms with Crippen LogP contribution in [0.4, 0.5) is 5.69 Å². The highest BCUT2D eigenvalue weighted by Gasteiger charge is 2.50. The van der Waals surface area contributed by atoms with Crippen LogP contribution >= 0.6 is 0 Å². The molecular formula is C21H33NO5S.